The van der Waals surface area contributed by atoms with E-state index in [0.29, 0.717) is 19.4 Å². The zero-order valence-corrected chi connectivity index (χ0v) is 12.1. The Morgan fingerprint density at radius 2 is 1.86 bits per heavy atom. The maximum Gasteiger partial charge on any atom is 0.358 e. The summed E-state index contributed by atoms with van der Waals surface area (Å²) in [7, 11) is 0. The fourth-order valence-corrected chi connectivity index (χ4v) is 2.19. The molecule has 0 saturated heterocycles. The minimum atomic E-state index is -0.577. The van der Waals surface area contributed by atoms with E-state index in [0.717, 1.165) is 0 Å². The van der Waals surface area contributed by atoms with Crippen molar-refractivity contribution in [2.75, 3.05) is 13.2 Å². The van der Waals surface area contributed by atoms with Crippen LogP contribution in [0.15, 0.2) is 6.07 Å². The molecule has 0 amide bonds. The van der Waals surface area contributed by atoms with Crippen LogP contribution in [0.3, 0.4) is 0 Å². The molecule has 0 bridgehead atoms. The summed E-state index contributed by atoms with van der Waals surface area (Å²) in [5.41, 5.74) is 0.282. The first-order valence-corrected chi connectivity index (χ1v) is 6.98. The molecule has 7 heteroatoms. The molecule has 1 aromatic rings. The lowest BCUT2D eigenvalue weighted by Crippen LogP contribution is -2.29. The monoisotopic (exact) mass is 294 g/mol. The van der Waals surface area contributed by atoms with Crippen LogP contribution in [0.1, 0.15) is 47.7 Å². The molecular formula is C14H18N2O5. The molecule has 1 aliphatic carbocycles. The number of Topliss-reactive ketones (excluding diaryl/α,β-unsaturated/α-hetero) is 1. The maximum atomic E-state index is 11.9. The van der Waals surface area contributed by atoms with Crippen LogP contribution in [0.2, 0.25) is 0 Å². The van der Waals surface area contributed by atoms with Gasteiger partial charge in [0.15, 0.2) is 5.69 Å². The minimum absolute atomic E-state index is 0.0746. The molecule has 0 N–H and O–H groups in total. The predicted octanol–water partition coefficient (Wildman–Crippen LogP) is 1.22. The van der Waals surface area contributed by atoms with Crippen LogP contribution in [0.5, 0.6) is 0 Å². The van der Waals surface area contributed by atoms with Gasteiger partial charge in [-0.25, -0.2) is 9.59 Å². The average Bonchev–Trinajstić information content (AvgIpc) is 2.82. The van der Waals surface area contributed by atoms with Crippen LogP contribution in [0, 0.1) is 5.92 Å². The van der Waals surface area contributed by atoms with Crippen LogP contribution in [0.25, 0.3) is 0 Å². The highest BCUT2D eigenvalue weighted by Gasteiger charge is 2.29. The Balaban J connectivity index is 2.20. The number of ether oxygens (including phenoxy) is 2. The van der Waals surface area contributed by atoms with Crippen LogP contribution >= 0.6 is 0 Å². The summed E-state index contributed by atoms with van der Waals surface area (Å²) in [5.74, 6) is -0.756. The van der Waals surface area contributed by atoms with Crippen molar-refractivity contribution in [3.05, 3.63) is 17.5 Å². The largest absolute Gasteiger partial charge is 0.461 e. The Morgan fingerprint density at radius 3 is 2.43 bits per heavy atom. The van der Waals surface area contributed by atoms with Gasteiger partial charge in [0, 0.05) is 25.5 Å². The fraction of sp³-hybridized carbons (Fsp3) is 0.571. The highest BCUT2D eigenvalue weighted by molar-refractivity contribution is 5.93. The van der Waals surface area contributed by atoms with E-state index in [1.165, 1.54) is 10.7 Å². The fourth-order valence-electron chi connectivity index (χ4n) is 2.19. The first-order chi connectivity index (χ1) is 10.0. The minimum Gasteiger partial charge on any atom is -0.461 e. The lowest BCUT2D eigenvalue weighted by atomic mass is 9.84. The van der Waals surface area contributed by atoms with Gasteiger partial charge in [0.05, 0.1) is 13.2 Å². The third kappa shape index (κ3) is 3.48. The first kappa shape index (κ1) is 15.2. The van der Waals surface area contributed by atoms with Crippen molar-refractivity contribution >= 4 is 17.7 Å². The summed E-state index contributed by atoms with van der Waals surface area (Å²) >= 11 is 0. The summed E-state index contributed by atoms with van der Waals surface area (Å²) in [6, 6.07) is 1.37. The second kappa shape index (κ2) is 6.51. The van der Waals surface area contributed by atoms with Gasteiger partial charge in [-0.05, 0) is 19.8 Å². The van der Waals surface area contributed by atoms with Gasteiger partial charge >= 0.3 is 11.9 Å². The van der Waals surface area contributed by atoms with Crippen LogP contribution < -0.4 is 0 Å². The quantitative estimate of drug-likeness (QED) is 0.733. The molecule has 1 saturated carbocycles. The lowest BCUT2D eigenvalue weighted by Gasteiger charge is -2.24. The number of carbonyl (C=O) groups excluding carboxylic acids is 3. The molecule has 114 valence electrons. The molecule has 0 radical (unpaired) electrons. The van der Waals surface area contributed by atoms with E-state index in [1.54, 1.807) is 13.8 Å². The summed E-state index contributed by atoms with van der Waals surface area (Å²) in [4.78, 5) is 34.6. The topological polar surface area (TPSA) is 87.5 Å². The van der Waals surface area contributed by atoms with Crippen molar-refractivity contribution in [1.82, 2.24) is 9.78 Å². The summed E-state index contributed by atoms with van der Waals surface area (Å²) in [5, 5.41) is 4.11. The Kier molecular flexibility index (Phi) is 4.72. The van der Waals surface area contributed by atoms with Gasteiger partial charge in [0.1, 0.15) is 11.5 Å². The van der Waals surface area contributed by atoms with Crippen molar-refractivity contribution in [2.45, 2.75) is 33.2 Å². The van der Waals surface area contributed by atoms with Crippen LogP contribution in [-0.2, 0) is 20.8 Å². The van der Waals surface area contributed by atoms with E-state index in [9.17, 15) is 14.4 Å². The molecule has 1 fully saturated rings. The van der Waals surface area contributed by atoms with Gasteiger partial charge in [-0.2, -0.15) is 5.10 Å². The highest BCUT2D eigenvalue weighted by atomic mass is 16.5. The summed E-state index contributed by atoms with van der Waals surface area (Å²) in [6.45, 7) is 4.29. The Bertz CT molecular complexity index is 556. The van der Waals surface area contributed by atoms with Gasteiger partial charge < -0.3 is 9.47 Å². The van der Waals surface area contributed by atoms with Gasteiger partial charge in [0.2, 0.25) is 0 Å². The second-order valence-electron chi connectivity index (χ2n) is 4.85. The molecule has 0 aliphatic heterocycles. The van der Waals surface area contributed by atoms with Crippen molar-refractivity contribution in [3.8, 4) is 0 Å². The summed E-state index contributed by atoms with van der Waals surface area (Å²) < 4.78 is 11.3. The number of aromatic nitrogens is 2. The number of hydrogen-bond acceptors (Lipinski definition) is 6. The van der Waals surface area contributed by atoms with E-state index in [1.807, 2.05) is 0 Å². The van der Waals surface area contributed by atoms with Crippen LogP contribution in [0.4, 0.5) is 0 Å². The molecule has 0 spiro atoms. The van der Waals surface area contributed by atoms with Gasteiger partial charge in [-0.1, -0.05) is 0 Å². The van der Waals surface area contributed by atoms with Crippen molar-refractivity contribution in [2.24, 2.45) is 5.92 Å². The van der Waals surface area contributed by atoms with E-state index in [-0.39, 0.29) is 36.3 Å². The normalized spacial score (nSPS) is 14.7. The standard InChI is InChI=1S/C14H18N2O5/c1-3-20-13(18)11-7-12(14(19)21-4-2)16(15-11)8-9-5-10(17)6-9/h7,9H,3-6,8H2,1-2H3. The van der Waals surface area contributed by atoms with E-state index in [2.05, 4.69) is 5.10 Å². The van der Waals surface area contributed by atoms with Gasteiger partial charge in [-0.3, -0.25) is 9.48 Å². The maximum absolute atomic E-state index is 11.9. The van der Waals surface area contributed by atoms with Crippen LogP contribution in [-0.4, -0.2) is 40.7 Å². The molecule has 0 aromatic carbocycles. The third-order valence-corrected chi connectivity index (χ3v) is 3.21. The molecule has 21 heavy (non-hydrogen) atoms. The SMILES string of the molecule is CCOC(=O)c1cc(C(=O)OCC)n(CC2CC(=O)C2)n1. The molecule has 7 nitrogen and oxygen atoms in total. The zero-order valence-electron chi connectivity index (χ0n) is 12.1. The number of ketones is 1. The number of rotatable bonds is 6. The number of nitrogens with zero attached hydrogens (tertiary/aromatic N) is 2. The molecule has 0 atom stereocenters. The Morgan fingerprint density at radius 1 is 1.24 bits per heavy atom. The van der Waals surface area contributed by atoms with Crippen molar-refractivity contribution < 1.29 is 23.9 Å². The highest BCUT2D eigenvalue weighted by Crippen LogP contribution is 2.25. The average molecular weight is 294 g/mol. The molecule has 1 aliphatic rings. The van der Waals surface area contributed by atoms with E-state index in [4.69, 9.17) is 9.47 Å². The third-order valence-electron chi connectivity index (χ3n) is 3.21. The summed E-state index contributed by atoms with van der Waals surface area (Å²) in [6.07, 6.45) is 0.966. The molecule has 0 unspecified atom stereocenters. The van der Waals surface area contributed by atoms with Crippen molar-refractivity contribution in [1.29, 1.82) is 0 Å². The molecule has 1 aromatic heterocycles. The molecule has 2 rings (SSSR count). The second-order valence-corrected chi connectivity index (χ2v) is 4.85. The van der Waals surface area contributed by atoms with Gasteiger partial charge in [-0.15, -0.1) is 0 Å². The number of carbonyl (C=O) groups is 3. The smallest absolute Gasteiger partial charge is 0.358 e. The van der Waals surface area contributed by atoms with E-state index < -0.39 is 11.9 Å². The lowest BCUT2D eigenvalue weighted by molar-refractivity contribution is -0.127. The first-order valence-electron chi connectivity index (χ1n) is 6.98. The van der Waals surface area contributed by atoms with Crippen molar-refractivity contribution in [3.63, 3.8) is 0 Å². The Labute approximate surface area is 122 Å². The molecule has 1 heterocycles. The Hall–Kier alpha value is -2.18. The van der Waals surface area contributed by atoms with Gasteiger partial charge in [0.25, 0.3) is 0 Å². The molecular weight excluding hydrogens is 276 g/mol. The number of esters is 2. The predicted molar refractivity (Wildman–Crippen MR) is 71.9 cm³/mol. The zero-order chi connectivity index (χ0) is 15.4. The number of hydrogen-bond donors (Lipinski definition) is 0. The van der Waals surface area contributed by atoms with E-state index >= 15 is 0 Å².